The summed E-state index contributed by atoms with van der Waals surface area (Å²) in [7, 11) is 2.25. The molecule has 0 amide bonds. The molecule has 1 saturated carbocycles. The van der Waals surface area contributed by atoms with Crippen molar-refractivity contribution in [2.45, 2.75) is 64.1 Å². The molecule has 21 heavy (non-hydrogen) atoms. The molecular formula is C18H29ClN2. The van der Waals surface area contributed by atoms with Gasteiger partial charge in [0.1, 0.15) is 0 Å². The normalized spacial score (nSPS) is 25.8. The van der Waals surface area contributed by atoms with Gasteiger partial charge in [-0.25, -0.2) is 0 Å². The van der Waals surface area contributed by atoms with E-state index in [0.29, 0.717) is 6.04 Å². The Hall–Kier alpha value is -0.570. The molecular weight excluding hydrogens is 280 g/mol. The number of halogens is 1. The molecule has 3 heteroatoms. The minimum Gasteiger partial charge on any atom is -0.326 e. The molecule has 0 aliphatic heterocycles. The van der Waals surface area contributed by atoms with Gasteiger partial charge >= 0.3 is 0 Å². The number of hydrogen-bond donors (Lipinski definition) is 1. The summed E-state index contributed by atoms with van der Waals surface area (Å²) in [6.45, 7) is 4.54. The zero-order valence-electron chi connectivity index (χ0n) is 13.6. The molecule has 0 aromatic heterocycles. The van der Waals surface area contributed by atoms with Gasteiger partial charge in [0.05, 0.1) is 0 Å². The summed E-state index contributed by atoms with van der Waals surface area (Å²) in [4.78, 5) is 2.52. The standard InChI is InChI=1S/C18H29ClN2/c1-4-17(20)18(14-7-9-15(19)10-8-14)21(3)16-11-5-13(2)6-12-16/h7-10,13,16-18H,4-6,11-12,20H2,1-3H3. The molecule has 2 nitrogen and oxygen atoms in total. The van der Waals surface area contributed by atoms with Gasteiger partial charge in [0, 0.05) is 23.1 Å². The first-order chi connectivity index (χ1) is 10.0. The van der Waals surface area contributed by atoms with Gasteiger partial charge in [-0.15, -0.1) is 0 Å². The monoisotopic (exact) mass is 308 g/mol. The Bertz CT molecular complexity index is 423. The van der Waals surface area contributed by atoms with Crippen molar-refractivity contribution in [2.75, 3.05) is 7.05 Å². The van der Waals surface area contributed by atoms with Crippen LogP contribution in [0.25, 0.3) is 0 Å². The third-order valence-corrected chi connectivity index (χ3v) is 5.34. The van der Waals surface area contributed by atoms with E-state index in [1.54, 1.807) is 0 Å². The Morgan fingerprint density at radius 1 is 1.19 bits per heavy atom. The Labute approximate surface area is 134 Å². The molecule has 0 saturated heterocycles. The summed E-state index contributed by atoms with van der Waals surface area (Å²) in [6.07, 6.45) is 6.24. The van der Waals surface area contributed by atoms with E-state index in [9.17, 15) is 0 Å². The second-order valence-corrected chi connectivity index (χ2v) is 7.08. The van der Waals surface area contributed by atoms with Gasteiger partial charge in [-0.05, 0) is 62.8 Å². The minimum absolute atomic E-state index is 0.163. The molecule has 1 aromatic carbocycles. The average Bonchev–Trinajstić information content (AvgIpc) is 2.49. The molecule has 118 valence electrons. The third kappa shape index (κ3) is 4.21. The molecule has 2 rings (SSSR count). The lowest BCUT2D eigenvalue weighted by Crippen LogP contribution is -2.45. The van der Waals surface area contributed by atoms with E-state index in [1.165, 1.54) is 31.2 Å². The highest BCUT2D eigenvalue weighted by molar-refractivity contribution is 6.30. The van der Waals surface area contributed by atoms with Crippen molar-refractivity contribution < 1.29 is 0 Å². The van der Waals surface area contributed by atoms with Crippen LogP contribution in [0.15, 0.2) is 24.3 Å². The lowest BCUT2D eigenvalue weighted by molar-refractivity contribution is 0.107. The van der Waals surface area contributed by atoms with Crippen LogP contribution in [0.1, 0.15) is 57.6 Å². The van der Waals surface area contributed by atoms with E-state index in [1.807, 2.05) is 12.1 Å². The largest absolute Gasteiger partial charge is 0.326 e. The maximum atomic E-state index is 6.45. The van der Waals surface area contributed by atoms with Crippen molar-refractivity contribution in [3.63, 3.8) is 0 Å². The summed E-state index contributed by atoms with van der Waals surface area (Å²) in [5, 5.41) is 0.789. The number of nitrogens with two attached hydrogens (primary N) is 1. The Morgan fingerprint density at radius 2 is 1.76 bits per heavy atom. The quantitative estimate of drug-likeness (QED) is 0.859. The molecule has 0 spiro atoms. The highest BCUT2D eigenvalue weighted by atomic mass is 35.5. The lowest BCUT2D eigenvalue weighted by atomic mass is 9.85. The first kappa shape index (κ1) is 16.8. The lowest BCUT2D eigenvalue weighted by Gasteiger charge is -2.41. The van der Waals surface area contributed by atoms with E-state index < -0.39 is 0 Å². The van der Waals surface area contributed by atoms with Crippen LogP contribution in [0.4, 0.5) is 0 Å². The average molecular weight is 309 g/mol. The Kier molecular flexibility index (Phi) is 6.09. The van der Waals surface area contributed by atoms with Crippen molar-refractivity contribution in [3.8, 4) is 0 Å². The highest BCUT2D eigenvalue weighted by Gasteiger charge is 2.30. The molecule has 1 aromatic rings. The van der Waals surface area contributed by atoms with E-state index >= 15 is 0 Å². The first-order valence-electron chi connectivity index (χ1n) is 8.26. The maximum Gasteiger partial charge on any atom is 0.0498 e. The number of hydrogen-bond acceptors (Lipinski definition) is 2. The molecule has 1 aliphatic rings. The van der Waals surface area contributed by atoms with Crippen LogP contribution in [0.2, 0.25) is 5.02 Å². The minimum atomic E-state index is 0.163. The summed E-state index contributed by atoms with van der Waals surface area (Å²) < 4.78 is 0. The third-order valence-electron chi connectivity index (χ3n) is 5.09. The van der Waals surface area contributed by atoms with Crippen LogP contribution in [0.3, 0.4) is 0 Å². The van der Waals surface area contributed by atoms with Crippen molar-refractivity contribution in [1.82, 2.24) is 4.90 Å². The number of nitrogens with zero attached hydrogens (tertiary/aromatic N) is 1. The van der Waals surface area contributed by atoms with Gasteiger partial charge in [-0.3, -0.25) is 4.90 Å². The zero-order valence-corrected chi connectivity index (χ0v) is 14.3. The van der Waals surface area contributed by atoms with Crippen LogP contribution in [0, 0.1) is 5.92 Å². The van der Waals surface area contributed by atoms with Crippen LogP contribution in [-0.2, 0) is 0 Å². The highest BCUT2D eigenvalue weighted by Crippen LogP contribution is 2.33. The molecule has 2 unspecified atom stereocenters. The molecule has 1 aliphatic carbocycles. The summed E-state index contributed by atoms with van der Waals surface area (Å²) in [5.74, 6) is 0.878. The predicted octanol–water partition coefficient (Wildman–Crippen LogP) is 4.63. The van der Waals surface area contributed by atoms with Gasteiger partial charge in [0.2, 0.25) is 0 Å². The maximum absolute atomic E-state index is 6.45. The number of rotatable bonds is 5. The fraction of sp³-hybridized carbons (Fsp3) is 0.667. The van der Waals surface area contributed by atoms with Crippen molar-refractivity contribution in [3.05, 3.63) is 34.9 Å². The molecule has 2 N–H and O–H groups in total. The second kappa shape index (κ2) is 7.62. The van der Waals surface area contributed by atoms with Crippen molar-refractivity contribution in [2.24, 2.45) is 11.7 Å². The van der Waals surface area contributed by atoms with Crippen LogP contribution < -0.4 is 5.73 Å². The van der Waals surface area contributed by atoms with Gasteiger partial charge in [-0.1, -0.05) is 37.6 Å². The van der Waals surface area contributed by atoms with E-state index in [4.69, 9.17) is 17.3 Å². The zero-order chi connectivity index (χ0) is 15.4. The molecule has 0 radical (unpaired) electrons. The number of likely N-dealkylation sites (N-methyl/N-ethyl adjacent to an activating group) is 1. The Balaban J connectivity index is 2.17. The van der Waals surface area contributed by atoms with Crippen molar-refractivity contribution >= 4 is 11.6 Å². The predicted molar refractivity (Wildman–Crippen MR) is 91.6 cm³/mol. The summed E-state index contributed by atoms with van der Waals surface area (Å²) in [5.41, 5.74) is 7.73. The van der Waals surface area contributed by atoms with Gasteiger partial charge in [0.15, 0.2) is 0 Å². The Morgan fingerprint density at radius 3 is 2.29 bits per heavy atom. The molecule has 1 fully saturated rings. The fourth-order valence-electron chi connectivity index (χ4n) is 3.54. The van der Waals surface area contributed by atoms with E-state index in [2.05, 4.69) is 37.9 Å². The topological polar surface area (TPSA) is 29.3 Å². The molecule has 2 atom stereocenters. The molecule has 0 bridgehead atoms. The summed E-state index contributed by atoms with van der Waals surface area (Å²) >= 11 is 6.03. The summed E-state index contributed by atoms with van der Waals surface area (Å²) in [6, 6.07) is 9.31. The van der Waals surface area contributed by atoms with Crippen LogP contribution >= 0.6 is 11.6 Å². The SMILES string of the molecule is CCC(N)C(c1ccc(Cl)cc1)N(C)C1CCC(C)CC1. The smallest absolute Gasteiger partial charge is 0.0498 e. The number of benzene rings is 1. The van der Waals surface area contributed by atoms with Gasteiger partial charge in [-0.2, -0.15) is 0 Å². The van der Waals surface area contributed by atoms with Crippen LogP contribution in [-0.4, -0.2) is 24.0 Å². The van der Waals surface area contributed by atoms with Crippen molar-refractivity contribution in [1.29, 1.82) is 0 Å². The first-order valence-corrected chi connectivity index (χ1v) is 8.63. The van der Waals surface area contributed by atoms with Crippen LogP contribution in [0.5, 0.6) is 0 Å². The van der Waals surface area contributed by atoms with E-state index in [-0.39, 0.29) is 12.1 Å². The van der Waals surface area contributed by atoms with Gasteiger partial charge < -0.3 is 5.73 Å². The second-order valence-electron chi connectivity index (χ2n) is 6.65. The van der Waals surface area contributed by atoms with E-state index in [0.717, 1.165) is 17.4 Å². The molecule has 0 heterocycles. The van der Waals surface area contributed by atoms with Gasteiger partial charge in [0.25, 0.3) is 0 Å². The fourth-order valence-corrected chi connectivity index (χ4v) is 3.67.